The fourth-order valence-corrected chi connectivity index (χ4v) is 4.77. The average molecular weight is 419 g/mol. The number of halogens is 1. The highest BCUT2D eigenvalue weighted by atomic mass is 35.5. The minimum Gasteiger partial charge on any atom is -0.457 e. The number of nitriles is 1. The number of esters is 1. The smallest absolute Gasteiger partial charge is 0.340 e. The first kappa shape index (κ1) is 20.3. The maximum Gasteiger partial charge on any atom is 0.340 e. The molecule has 0 aromatic heterocycles. The first-order chi connectivity index (χ1) is 13.4. The Kier molecular flexibility index (Phi) is 6.35. The van der Waals surface area contributed by atoms with Crippen molar-refractivity contribution in [2.24, 2.45) is 0 Å². The molecule has 0 radical (unpaired) electrons. The Morgan fingerprint density at radius 1 is 1.14 bits per heavy atom. The van der Waals surface area contributed by atoms with Gasteiger partial charge in [-0.2, -0.15) is 9.57 Å². The number of rotatable bonds is 5. The van der Waals surface area contributed by atoms with Crippen molar-refractivity contribution in [2.75, 3.05) is 13.1 Å². The average Bonchev–Trinajstić information content (AvgIpc) is 2.73. The Labute approximate surface area is 169 Å². The zero-order valence-corrected chi connectivity index (χ0v) is 16.7. The van der Waals surface area contributed by atoms with Crippen molar-refractivity contribution in [3.63, 3.8) is 0 Å². The van der Waals surface area contributed by atoms with Gasteiger partial charge in [0.25, 0.3) is 0 Å². The van der Waals surface area contributed by atoms with E-state index in [0.29, 0.717) is 24.2 Å². The molecule has 0 N–H and O–H groups in total. The molecular formula is C20H19ClN2O4S. The molecule has 0 bridgehead atoms. The summed E-state index contributed by atoms with van der Waals surface area (Å²) >= 11 is 6.10. The predicted octanol–water partition coefficient (Wildman–Crippen LogP) is 3.74. The van der Waals surface area contributed by atoms with E-state index < -0.39 is 16.0 Å². The number of benzene rings is 2. The minimum absolute atomic E-state index is 0.00353. The van der Waals surface area contributed by atoms with Crippen molar-refractivity contribution in [1.82, 2.24) is 4.31 Å². The molecular weight excluding hydrogens is 400 g/mol. The highest BCUT2D eigenvalue weighted by Gasteiger charge is 2.27. The molecule has 8 heteroatoms. The molecule has 1 fully saturated rings. The normalized spacial score (nSPS) is 15.0. The fourth-order valence-electron chi connectivity index (χ4n) is 3.03. The maximum absolute atomic E-state index is 12.8. The lowest BCUT2D eigenvalue weighted by atomic mass is 10.1. The molecule has 6 nitrogen and oxygen atoms in total. The quantitative estimate of drug-likeness (QED) is 0.690. The van der Waals surface area contributed by atoms with Crippen LogP contribution in [0.2, 0.25) is 5.02 Å². The number of carbonyl (C=O) groups excluding carboxylic acids is 1. The van der Waals surface area contributed by atoms with E-state index >= 15 is 0 Å². The van der Waals surface area contributed by atoms with Crippen LogP contribution < -0.4 is 0 Å². The fraction of sp³-hybridized carbons (Fsp3) is 0.300. The van der Waals surface area contributed by atoms with Crippen LogP contribution >= 0.6 is 11.6 Å². The maximum atomic E-state index is 12.8. The van der Waals surface area contributed by atoms with Crippen molar-refractivity contribution in [3.8, 4) is 6.07 Å². The topological polar surface area (TPSA) is 87.5 Å². The van der Waals surface area contributed by atoms with Crippen LogP contribution in [0.4, 0.5) is 0 Å². The Morgan fingerprint density at radius 2 is 1.89 bits per heavy atom. The van der Waals surface area contributed by atoms with Gasteiger partial charge in [-0.3, -0.25) is 0 Å². The van der Waals surface area contributed by atoms with Crippen molar-refractivity contribution < 1.29 is 17.9 Å². The molecule has 28 heavy (non-hydrogen) atoms. The molecule has 146 valence electrons. The summed E-state index contributed by atoms with van der Waals surface area (Å²) < 4.78 is 32.3. The molecule has 3 rings (SSSR count). The lowest BCUT2D eigenvalue weighted by Gasteiger charge is -2.26. The predicted molar refractivity (Wildman–Crippen MR) is 104 cm³/mol. The minimum atomic E-state index is -3.68. The van der Waals surface area contributed by atoms with Crippen molar-refractivity contribution in [1.29, 1.82) is 5.26 Å². The van der Waals surface area contributed by atoms with Gasteiger partial charge in [-0.15, -0.1) is 0 Å². The highest BCUT2D eigenvalue weighted by molar-refractivity contribution is 7.89. The molecule has 1 heterocycles. The second-order valence-corrected chi connectivity index (χ2v) is 8.84. The van der Waals surface area contributed by atoms with E-state index in [4.69, 9.17) is 21.6 Å². The summed E-state index contributed by atoms with van der Waals surface area (Å²) in [5.41, 5.74) is 1.11. The van der Waals surface area contributed by atoms with E-state index in [-0.39, 0.29) is 22.1 Å². The number of nitrogens with zero attached hydrogens (tertiary/aromatic N) is 2. The Hall–Kier alpha value is -2.40. The van der Waals surface area contributed by atoms with Gasteiger partial charge in [0, 0.05) is 13.1 Å². The van der Waals surface area contributed by atoms with Gasteiger partial charge in [-0.25, -0.2) is 13.2 Å². The van der Waals surface area contributed by atoms with Crippen LogP contribution in [-0.2, 0) is 21.4 Å². The number of piperidine rings is 1. The molecule has 1 saturated heterocycles. The van der Waals surface area contributed by atoms with E-state index in [1.54, 1.807) is 24.3 Å². The van der Waals surface area contributed by atoms with Crippen molar-refractivity contribution in [3.05, 3.63) is 64.2 Å². The van der Waals surface area contributed by atoms with Crippen molar-refractivity contribution >= 4 is 27.6 Å². The SMILES string of the molecule is N#Cc1cccc(COC(=O)c2cc(S(=O)(=O)N3CCCCC3)ccc2Cl)c1. The van der Waals surface area contributed by atoms with Gasteiger partial charge < -0.3 is 4.74 Å². The van der Waals surface area contributed by atoms with Gasteiger partial charge in [0.2, 0.25) is 10.0 Å². The second kappa shape index (κ2) is 8.74. The van der Waals surface area contributed by atoms with Gasteiger partial charge in [0.1, 0.15) is 6.61 Å². The van der Waals surface area contributed by atoms with Crippen LogP contribution in [0.3, 0.4) is 0 Å². The lowest BCUT2D eigenvalue weighted by molar-refractivity contribution is 0.0472. The lowest BCUT2D eigenvalue weighted by Crippen LogP contribution is -2.35. The van der Waals surface area contributed by atoms with E-state index in [2.05, 4.69) is 0 Å². The van der Waals surface area contributed by atoms with E-state index in [9.17, 15) is 13.2 Å². The number of carbonyl (C=O) groups is 1. The summed E-state index contributed by atoms with van der Waals surface area (Å²) in [6, 6.07) is 12.8. The van der Waals surface area contributed by atoms with Gasteiger partial charge in [-0.1, -0.05) is 30.2 Å². The van der Waals surface area contributed by atoms with Gasteiger partial charge in [0.05, 0.1) is 27.1 Å². The summed E-state index contributed by atoms with van der Waals surface area (Å²) in [7, 11) is -3.68. The van der Waals surface area contributed by atoms with Crippen LogP contribution in [-0.4, -0.2) is 31.8 Å². The summed E-state index contributed by atoms with van der Waals surface area (Å²) in [4.78, 5) is 12.5. The standard InChI is InChI=1S/C20H19ClN2O4S/c21-19-8-7-17(28(25,26)23-9-2-1-3-10-23)12-18(19)20(24)27-14-16-6-4-5-15(11-16)13-22/h4-8,11-12H,1-3,9-10,14H2. The van der Waals surface area contributed by atoms with Crippen LogP contribution in [0.15, 0.2) is 47.4 Å². The molecule has 1 aliphatic heterocycles. The molecule has 1 aliphatic rings. The van der Waals surface area contributed by atoms with Crippen molar-refractivity contribution in [2.45, 2.75) is 30.8 Å². The monoisotopic (exact) mass is 418 g/mol. The molecule has 0 saturated carbocycles. The van der Waals surface area contributed by atoms with Crippen LogP contribution in [0.25, 0.3) is 0 Å². The second-order valence-electron chi connectivity index (χ2n) is 6.49. The number of hydrogen-bond donors (Lipinski definition) is 0. The van der Waals surface area contributed by atoms with E-state index in [1.165, 1.54) is 22.5 Å². The molecule has 0 atom stereocenters. The third-order valence-electron chi connectivity index (χ3n) is 4.54. The summed E-state index contributed by atoms with van der Waals surface area (Å²) in [6.07, 6.45) is 2.66. The van der Waals surface area contributed by atoms with Crippen LogP contribution in [0.1, 0.15) is 40.7 Å². The Bertz CT molecular complexity index is 1020. The van der Waals surface area contributed by atoms with E-state index in [0.717, 1.165) is 19.3 Å². The highest BCUT2D eigenvalue weighted by Crippen LogP contribution is 2.26. The molecule has 0 aliphatic carbocycles. The zero-order chi connectivity index (χ0) is 20.1. The summed E-state index contributed by atoms with van der Waals surface area (Å²) in [5, 5.41) is 9.05. The Morgan fingerprint density at radius 3 is 2.61 bits per heavy atom. The van der Waals surface area contributed by atoms with Crippen LogP contribution in [0.5, 0.6) is 0 Å². The van der Waals surface area contributed by atoms with Gasteiger partial charge >= 0.3 is 5.97 Å². The number of sulfonamides is 1. The Balaban J connectivity index is 1.78. The molecule has 2 aromatic rings. The van der Waals surface area contributed by atoms with Crippen LogP contribution in [0, 0.1) is 11.3 Å². The molecule has 0 unspecified atom stereocenters. The molecule has 0 amide bonds. The zero-order valence-electron chi connectivity index (χ0n) is 15.1. The number of ether oxygens (including phenoxy) is 1. The first-order valence-corrected chi connectivity index (χ1v) is 10.7. The first-order valence-electron chi connectivity index (χ1n) is 8.87. The van der Waals surface area contributed by atoms with E-state index in [1.807, 2.05) is 6.07 Å². The molecule has 0 spiro atoms. The molecule has 2 aromatic carbocycles. The summed E-state index contributed by atoms with van der Waals surface area (Å²) in [6.45, 7) is 0.897. The third kappa shape index (κ3) is 4.53. The van der Waals surface area contributed by atoms with Gasteiger partial charge in [-0.05, 0) is 48.7 Å². The van der Waals surface area contributed by atoms with Gasteiger partial charge in [0.15, 0.2) is 0 Å². The summed E-state index contributed by atoms with van der Waals surface area (Å²) in [5.74, 6) is -0.719. The third-order valence-corrected chi connectivity index (χ3v) is 6.76. The largest absolute Gasteiger partial charge is 0.457 e. The number of hydrogen-bond acceptors (Lipinski definition) is 5.